The predicted molar refractivity (Wildman–Crippen MR) is 62.0 cm³/mol. The second-order valence-electron chi connectivity index (χ2n) is 4.11. The zero-order chi connectivity index (χ0) is 10.8. The van der Waals surface area contributed by atoms with E-state index in [2.05, 4.69) is 22.0 Å². The van der Waals surface area contributed by atoms with Gasteiger partial charge in [-0.25, -0.2) is 0 Å². The van der Waals surface area contributed by atoms with Gasteiger partial charge in [-0.05, 0) is 23.9 Å². The molecule has 2 atom stereocenters. The molecule has 0 radical (unpaired) electrons. The van der Waals surface area contributed by atoms with Crippen LogP contribution in [0.15, 0.2) is 0 Å². The molecule has 2 heterocycles. The highest BCUT2D eigenvalue weighted by molar-refractivity contribution is 7.15. The molecule has 0 aliphatic carbocycles. The van der Waals surface area contributed by atoms with Gasteiger partial charge in [-0.1, -0.05) is 18.3 Å². The second kappa shape index (κ2) is 4.74. The van der Waals surface area contributed by atoms with E-state index in [9.17, 15) is 0 Å². The number of hydrogen-bond acceptors (Lipinski definition) is 5. The van der Waals surface area contributed by atoms with Crippen molar-refractivity contribution >= 4 is 22.9 Å². The normalized spacial score (nSPS) is 28.2. The van der Waals surface area contributed by atoms with E-state index >= 15 is 0 Å². The van der Waals surface area contributed by atoms with Crippen molar-refractivity contribution in [3.05, 3.63) is 9.47 Å². The fraction of sp³-hybridized carbons (Fsp3) is 0.778. The van der Waals surface area contributed by atoms with E-state index in [1.807, 2.05) is 0 Å². The van der Waals surface area contributed by atoms with E-state index in [1.165, 1.54) is 11.3 Å². The van der Waals surface area contributed by atoms with Crippen LogP contribution < -0.4 is 5.73 Å². The largest absolute Gasteiger partial charge is 0.327 e. The number of piperidine rings is 1. The number of nitrogens with zero attached hydrogens (tertiary/aromatic N) is 3. The highest BCUT2D eigenvalue weighted by Crippen LogP contribution is 2.20. The fourth-order valence-corrected chi connectivity index (χ4v) is 2.79. The SMILES string of the molecule is CC1CN(Cc2nnc(Cl)s2)CCC1N. The third-order valence-corrected chi connectivity index (χ3v) is 3.86. The van der Waals surface area contributed by atoms with Crippen LogP contribution in [0.4, 0.5) is 0 Å². The van der Waals surface area contributed by atoms with Crippen molar-refractivity contribution < 1.29 is 0 Å². The topological polar surface area (TPSA) is 55.0 Å². The maximum absolute atomic E-state index is 5.96. The number of aromatic nitrogens is 2. The maximum Gasteiger partial charge on any atom is 0.207 e. The molecule has 0 spiro atoms. The molecule has 1 aliphatic heterocycles. The Kier molecular flexibility index (Phi) is 3.56. The van der Waals surface area contributed by atoms with Crippen LogP contribution in [0.1, 0.15) is 18.4 Å². The van der Waals surface area contributed by atoms with Gasteiger partial charge in [-0.2, -0.15) is 0 Å². The van der Waals surface area contributed by atoms with Crippen LogP contribution in [0.2, 0.25) is 4.47 Å². The summed E-state index contributed by atoms with van der Waals surface area (Å²) < 4.78 is 0.520. The number of hydrogen-bond donors (Lipinski definition) is 1. The van der Waals surface area contributed by atoms with Crippen molar-refractivity contribution in [2.75, 3.05) is 13.1 Å². The lowest BCUT2D eigenvalue weighted by atomic mass is 9.95. The lowest BCUT2D eigenvalue weighted by Crippen LogP contribution is -2.45. The minimum atomic E-state index is 0.347. The molecule has 4 nitrogen and oxygen atoms in total. The van der Waals surface area contributed by atoms with Crippen molar-refractivity contribution in [3.8, 4) is 0 Å². The summed E-state index contributed by atoms with van der Waals surface area (Å²) >= 11 is 7.19. The summed E-state index contributed by atoms with van der Waals surface area (Å²) in [6, 6.07) is 0.347. The smallest absolute Gasteiger partial charge is 0.207 e. The van der Waals surface area contributed by atoms with Crippen LogP contribution in [0.25, 0.3) is 0 Å². The molecule has 2 N–H and O–H groups in total. The first-order valence-electron chi connectivity index (χ1n) is 5.11. The van der Waals surface area contributed by atoms with Gasteiger partial charge in [0.15, 0.2) is 0 Å². The average molecular weight is 247 g/mol. The van der Waals surface area contributed by atoms with E-state index in [-0.39, 0.29) is 0 Å². The van der Waals surface area contributed by atoms with Crippen LogP contribution in [-0.2, 0) is 6.54 Å². The molecular formula is C9H15ClN4S. The van der Waals surface area contributed by atoms with Crippen LogP contribution in [0, 0.1) is 5.92 Å². The third-order valence-electron chi connectivity index (χ3n) is 2.86. The average Bonchev–Trinajstić information content (AvgIpc) is 2.58. The molecule has 2 unspecified atom stereocenters. The molecule has 84 valence electrons. The van der Waals surface area contributed by atoms with Crippen molar-refractivity contribution in [2.24, 2.45) is 11.7 Å². The van der Waals surface area contributed by atoms with Crippen molar-refractivity contribution in [1.82, 2.24) is 15.1 Å². The van der Waals surface area contributed by atoms with Crippen molar-refractivity contribution in [1.29, 1.82) is 0 Å². The van der Waals surface area contributed by atoms with E-state index in [1.54, 1.807) is 0 Å². The summed E-state index contributed by atoms with van der Waals surface area (Å²) in [4.78, 5) is 2.37. The Morgan fingerprint density at radius 2 is 2.40 bits per heavy atom. The Hall–Kier alpha value is -0.230. The predicted octanol–water partition coefficient (Wildman–Crippen LogP) is 1.36. The van der Waals surface area contributed by atoms with Gasteiger partial charge in [0.2, 0.25) is 4.47 Å². The summed E-state index contributed by atoms with van der Waals surface area (Å²) in [7, 11) is 0. The summed E-state index contributed by atoms with van der Waals surface area (Å²) in [6.07, 6.45) is 1.06. The Morgan fingerprint density at radius 1 is 1.60 bits per heavy atom. The molecule has 0 bridgehead atoms. The molecule has 6 heteroatoms. The fourth-order valence-electron chi connectivity index (χ4n) is 1.88. The molecule has 1 aliphatic rings. The van der Waals surface area contributed by atoms with Gasteiger partial charge in [0, 0.05) is 19.1 Å². The van der Waals surface area contributed by atoms with Gasteiger partial charge in [-0.3, -0.25) is 4.90 Å². The summed E-state index contributed by atoms with van der Waals surface area (Å²) in [5, 5.41) is 8.80. The van der Waals surface area contributed by atoms with Crippen LogP contribution >= 0.6 is 22.9 Å². The van der Waals surface area contributed by atoms with E-state index < -0.39 is 0 Å². The zero-order valence-electron chi connectivity index (χ0n) is 8.69. The minimum absolute atomic E-state index is 0.347. The summed E-state index contributed by atoms with van der Waals surface area (Å²) in [5.41, 5.74) is 5.96. The van der Waals surface area contributed by atoms with Crippen LogP contribution in [0.3, 0.4) is 0 Å². The number of halogens is 1. The first kappa shape index (κ1) is 11.3. The summed E-state index contributed by atoms with van der Waals surface area (Å²) in [5.74, 6) is 0.558. The van der Waals surface area contributed by atoms with Gasteiger partial charge in [0.25, 0.3) is 0 Å². The molecule has 1 fully saturated rings. The third kappa shape index (κ3) is 2.87. The molecule has 1 aromatic rings. The molecule has 0 saturated carbocycles. The molecule has 0 aromatic carbocycles. The molecule has 15 heavy (non-hydrogen) atoms. The molecule has 2 rings (SSSR count). The van der Waals surface area contributed by atoms with Crippen molar-refractivity contribution in [3.63, 3.8) is 0 Å². The van der Waals surface area contributed by atoms with Crippen molar-refractivity contribution in [2.45, 2.75) is 25.9 Å². The zero-order valence-corrected chi connectivity index (χ0v) is 10.3. The first-order chi connectivity index (χ1) is 7.15. The van der Waals surface area contributed by atoms with Gasteiger partial charge >= 0.3 is 0 Å². The Bertz CT molecular complexity index is 330. The lowest BCUT2D eigenvalue weighted by molar-refractivity contribution is 0.157. The van der Waals surface area contributed by atoms with E-state index in [0.717, 1.165) is 31.1 Å². The van der Waals surface area contributed by atoms with Crippen LogP contribution in [0.5, 0.6) is 0 Å². The maximum atomic E-state index is 5.96. The summed E-state index contributed by atoms with van der Waals surface area (Å²) in [6.45, 7) is 5.13. The van der Waals surface area contributed by atoms with Crippen LogP contribution in [-0.4, -0.2) is 34.2 Å². The Balaban J connectivity index is 1.90. The first-order valence-corrected chi connectivity index (χ1v) is 6.30. The number of rotatable bonds is 2. The van der Waals surface area contributed by atoms with Gasteiger partial charge in [0.1, 0.15) is 5.01 Å². The van der Waals surface area contributed by atoms with Gasteiger partial charge < -0.3 is 5.73 Å². The molecule has 0 amide bonds. The minimum Gasteiger partial charge on any atom is -0.327 e. The standard InChI is InChI=1S/C9H15ClN4S/c1-6-4-14(3-2-7(6)11)5-8-12-13-9(10)15-8/h6-7H,2-5,11H2,1H3. The van der Waals surface area contributed by atoms with E-state index in [4.69, 9.17) is 17.3 Å². The number of likely N-dealkylation sites (tertiary alicyclic amines) is 1. The van der Waals surface area contributed by atoms with Gasteiger partial charge in [-0.15, -0.1) is 10.2 Å². The second-order valence-corrected chi connectivity index (χ2v) is 5.76. The highest BCUT2D eigenvalue weighted by atomic mass is 35.5. The van der Waals surface area contributed by atoms with E-state index in [0.29, 0.717) is 16.4 Å². The number of nitrogens with two attached hydrogens (primary N) is 1. The highest BCUT2D eigenvalue weighted by Gasteiger charge is 2.23. The molecule has 1 saturated heterocycles. The Labute approximate surface area is 98.4 Å². The molecule has 1 aromatic heterocycles. The Morgan fingerprint density at radius 3 is 3.00 bits per heavy atom. The monoisotopic (exact) mass is 246 g/mol. The quantitative estimate of drug-likeness (QED) is 0.856. The lowest BCUT2D eigenvalue weighted by Gasteiger charge is -2.34. The van der Waals surface area contributed by atoms with Gasteiger partial charge in [0.05, 0.1) is 6.54 Å². The molecular weight excluding hydrogens is 232 g/mol.